The molecule has 1 aliphatic heterocycles. The van der Waals surface area contributed by atoms with Crippen LogP contribution in [-0.4, -0.2) is 33.9 Å². The number of likely N-dealkylation sites (tertiary alicyclic amines) is 1. The Morgan fingerprint density at radius 3 is 2.57 bits per heavy atom. The Labute approximate surface area is 178 Å². The lowest BCUT2D eigenvalue weighted by Gasteiger charge is -2.31. The fraction of sp³-hybridized carbons (Fsp3) is 0.400. The average Bonchev–Trinajstić information content (AvgIpc) is 2.73. The molecule has 2 heterocycles. The van der Waals surface area contributed by atoms with Gasteiger partial charge in [-0.25, -0.2) is 9.97 Å². The van der Waals surface area contributed by atoms with Gasteiger partial charge in [-0.1, -0.05) is 35.9 Å². The average molecular weight is 403 g/mol. The monoisotopic (exact) mass is 402 g/mol. The third kappa shape index (κ3) is 4.30. The van der Waals surface area contributed by atoms with Gasteiger partial charge in [-0.2, -0.15) is 0 Å². The number of rotatable bonds is 4. The molecule has 1 saturated heterocycles. The van der Waals surface area contributed by atoms with Crippen LogP contribution in [0.2, 0.25) is 0 Å². The SMILES string of the molecule is CC(=O)N1CCC(c2ccc3nc(C)nc(N[C@H](C)c4cccc(C)c4)c3c2)CC1. The molecule has 1 amide bonds. The molecule has 30 heavy (non-hydrogen) atoms. The smallest absolute Gasteiger partial charge is 0.219 e. The first-order valence-corrected chi connectivity index (χ1v) is 10.8. The zero-order chi connectivity index (χ0) is 21.3. The number of nitrogens with zero attached hydrogens (tertiary/aromatic N) is 3. The number of benzene rings is 2. The highest BCUT2D eigenvalue weighted by Crippen LogP contribution is 2.32. The van der Waals surface area contributed by atoms with Gasteiger partial charge in [-0.3, -0.25) is 4.79 Å². The number of aryl methyl sites for hydroxylation is 2. The number of anilines is 1. The van der Waals surface area contributed by atoms with Crippen LogP contribution in [0, 0.1) is 13.8 Å². The normalized spacial score (nSPS) is 15.9. The molecule has 4 rings (SSSR count). The maximum absolute atomic E-state index is 11.6. The fourth-order valence-corrected chi connectivity index (χ4v) is 4.38. The van der Waals surface area contributed by atoms with Crippen LogP contribution in [0.3, 0.4) is 0 Å². The summed E-state index contributed by atoms with van der Waals surface area (Å²) >= 11 is 0. The maximum Gasteiger partial charge on any atom is 0.219 e. The number of piperidine rings is 1. The van der Waals surface area contributed by atoms with Gasteiger partial charge in [0.05, 0.1) is 5.52 Å². The van der Waals surface area contributed by atoms with Crippen molar-refractivity contribution in [2.75, 3.05) is 18.4 Å². The van der Waals surface area contributed by atoms with Crippen molar-refractivity contribution in [3.8, 4) is 0 Å². The van der Waals surface area contributed by atoms with Gasteiger partial charge in [0, 0.05) is 31.4 Å². The minimum atomic E-state index is 0.143. The third-order valence-corrected chi connectivity index (χ3v) is 6.14. The molecular weight excluding hydrogens is 372 g/mol. The second-order valence-corrected chi connectivity index (χ2v) is 8.46. The molecule has 156 valence electrons. The molecule has 0 saturated carbocycles. The van der Waals surface area contributed by atoms with Gasteiger partial charge in [0.1, 0.15) is 11.6 Å². The Morgan fingerprint density at radius 1 is 1.10 bits per heavy atom. The van der Waals surface area contributed by atoms with Crippen molar-refractivity contribution >= 4 is 22.6 Å². The third-order valence-electron chi connectivity index (χ3n) is 6.14. The highest BCUT2D eigenvalue weighted by atomic mass is 16.2. The number of aromatic nitrogens is 2. The van der Waals surface area contributed by atoms with Crippen molar-refractivity contribution in [1.29, 1.82) is 0 Å². The number of amides is 1. The summed E-state index contributed by atoms with van der Waals surface area (Å²) in [5, 5.41) is 4.68. The first kappa shape index (κ1) is 20.3. The van der Waals surface area contributed by atoms with E-state index in [1.54, 1.807) is 6.92 Å². The summed E-state index contributed by atoms with van der Waals surface area (Å²) < 4.78 is 0. The molecule has 5 nitrogen and oxygen atoms in total. The van der Waals surface area contributed by atoms with Crippen molar-refractivity contribution in [2.45, 2.75) is 52.5 Å². The van der Waals surface area contributed by atoms with Gasteiger partial charge < -0.3 is 10.2 Å². The molecule has 0 aliphatic carbocycles. The van der Waals surface area contributed by atoms with Crippen LogP contribution in [-0.2, 0) is 4.79 Å². The molecule has 2 aromatic carbocycles. The molecule has 0 radical (unpaired) electrons. The van der Waals surface area contributed by atoms with Crippen molar-refractivity contribution in [2.24, 2.45) is 0 Å². The number of nitrogens with one attached hydrogen (secondary N) is 1. The topological polar surface area (TPSA) is 58.1 Å². The van der Waals surface area contributed by atoms with Crippen molar-refractivity contribution in [1.82, 2.24) is 14.9 Å². The van der Waals surface area contributed by atoms with E-state index in [0.717, 1.165) is 48.5 Å². The number of hydrogen-bond acceptors (Lipinski definition) is 4. The van der Waals surface area contributed by atoms with Crippen molar-refractivity contribution in [3.05, 3.63) is 65.0 Å². The summed E-state index contributed by atoms with van der Waals surface area (Å²) in [6, 6.07) is 15.3. The predicted molar refractivity (Wildman–Crippen MR) is 122 cm³/mol. The van der Waals surface area contributed by atoms with E-state index in [1.165, 1.54) is 16.7 Å². The molecular formula is C25H30N4O. The minimum absolute atomic E-state index is 0.143. The van der Waals surface area contributed by atoms with Crippen LogP contribution in [0.5, 0.6) is 0 Å². The van der Waals surface area contributed by atoms with E-state index in [4.69, 9.17) is 4.98 Å². The molecule has 1 fully saturated rings. The quantitative estimate of drug-likeness (QED) is 0.656. The van der Waals surface area contributed by atoms with Gasteiger partial charge in [0.15, 0.2) is 0 Å². The lowest BCUT2D eigenvalue weighted by molar-refractivity contribution is -0.129. The Bertz CT molecular complexity index is 1070. The zero-order valence-corrected chi connectivity index (χ0v) is 18.3. The highest BCUT2D eigenvalue weighted by molar-refractivity contribution is 5.90. The Morgan fingerprint density at radius 2 is 1.87 bits per heavy atom. The first-order valence-electron chi connectivity index (χ1n) is 10.8. The van der Waals surface area contributed by atoms with E-state index in [-0.39, 0.29) is 11.9 Å². The lowest BCUT2D eigenvalue weighted by atomic mass is 9.88. The molecule has 1 N–H and O–H groups in total. The van der Waals surface area contributed by atoms with Crippen LogP contribution in [0.15, 0.2) is 42.5 Å². The van der Waals surface area contributed by atoms with Gasteiger partial charge in [0.25, 0.3) is 0 Å². The van der Waals surface area contributed by atoms with E-state index in [9.17, 15) is 4.79 Å². The molecule has 5 heteroatoms. The second-order valence-electron chi connectivity index (χ2n) is 8.46. The Balaban J connectivity index is 1.63. The second kappa shape index (κ2) is 8.42. The first-order chi connectivity index (χ1) is 14.4. The van der Waals surface area contributed by atoms with Crippen LogP contribution in [0.1, 0.15) is 61.2 Å². The van der Waals surface area contributed by atoms with E-state index in [0.29, 0.717) is 5.92 Å². The molecule has 0 bridgehead atoms. The van der Waals surface area contributed by atoms with Gasteiger partial charge in [-0.05, 0) is 62.8 Å². The maximum atomic E-state index is 11.6. The van der Waals surface area contributed by atoms with Gasteiger partial charge >= 0.3 is 0 Å². The fourth-order valence-electron chi connectivity index (χ4n) is 4.38. The van der Waals surface area contributed by atoms with Crippen LogP contribution < -0.4 is 5.32 Å². The van der Waals surface area contributed by atoms with Crippen LogP contribution in [0.4, 0.5) is 5.82 Å². The summed E-state index contributed by atoms with van der Waals surface area (Å²) in [5.74, 6) is 2.29. The number of carbonyl (C=O) groups excluding carboxylic acids is 1. The lowest BCUT2D eigenvalue weighted by Crippen LogP contribution is -2.36. The molecule has 1 atom stereocenters. The summed E-state index contributed by atoms with van der Waals surface area (Å²) in [6.45, 7) is 9.54. The van der Waals surface area contributed by atoms with E-state index < -0.39 is 0 Å². The molecule has 3 aromatic rings. The van der Waals surface area contributed by atoms with Crippen LogP contribution in [0.25, 0.3) is 10.9 Å². The number of carbonyl (C=O) groups is 1. The zero-order valence-electron chi connectivity index (χ0n) is 18.3. The standard InChI is InChI=1S/C25H30N4O/c1-16-6-5-7-21(14-16)17(2)26-25-23-15-22(8-9-24(23)27-18(3)28-25)20-10-12-29(13-11-20)19(4)30/h5-9,14-15,17,20H,10-13H2,1-4H3,(H,26,27,28)/t17-/m1/s1. The van der Waals surface area contributed by atoms with Crippen molar-refractivity contribution in [3.63, 3.8) is 0 Å². The Kier molecular flexibility index (Phi) is 5.71. The van der Waals surface area contributed by atoms with E-state index in [2.05, 4.69) is 66.6 Å². The summed E-state index contributed by atoms with van der Waals surface area (Å²) in [5.41, 5.74) is 4.77. The van der Waals surface area contributed by atoms with Gasteiger partial charge in [0.2, 0.25) is 5.91 Å². The minimum Gasteiger partial charge on any atom is -0.363 e. The predicted octanol–water partition coefficient (Wildman–Crippen LogP) is 5.15. The summed E-state index contributed by atoms with van der Waals surface area (Å²) in [4.78, 5) is 23.0. The molecule has 0 spiro atoms. The summed E-state index contributed by atoms with van der Waals surface area (Å²) in [6.07, 6.45) is 2.00. The molecule has 1 aliphatic rings. The van der Waals surface area contributed by atoms with Crippen LogP contribution >= 0.6 is 0 Å². The highest BCUT2D eigenvalue weighted by Gasteiger charge is 2.22. The van der Waals surface area contributed by atoms with E-state index >= 15 is 0 Å². The summed E-state index contributed by atoms with van der Waals surface area (Å²) in [7, 11) is 0. The molecule has 1 aromatic heterocycles. The largest absolute Gasteiger partial charge is 0.363 e. The van der Waals surface area contributed by atoms with E-state index in [1.807, 2.05) is 11.8 Å². The molecule has 0 unspecified atom stereocenters. The number of hydrogen-bond donors (Lipinski definition) is 1. The van der Waals surface area contributed by atoms with Crippen molar-refractivity contribution < 1.29 is 4.79 Å². The number of fused-ring (bicyclic) bond motifs is 1. The van der Waals surface area contributed by atoms with Gasteiger partial charge in [-0.15, -0.1) is 0 Å². The Hall–Kier alpha value is -2.95.